The topological polar surface area (TPSA) is 163 Å². The number of tetrazole rings is 1. The Morgan fingerprint density at radius 2 is 1.83 bits per heavy atom. The number of hydrogen-bond donors (Lipinski definition) is 2. The number of piperazine rings is 1. The molecule has 0 aliphatic carbocycles. The number of alkyl halides is 2. The fraction of sp³-hybridized carbons (Fsp3) is 0.308. The molecule has 0 atom stereocenters. The van der Waals surface area contributed by atoms with Gasteiger partial charge in [-0.3, -0.25) is 19.1 Å². The highest BCUT2D eigenvalue weighted by Crippen LogP contribution is 2.26. The summed E-state index contributed by atoms with van der Waals surface area (Å²) in [5.41, 5.74) is 4.38. The summed E-state index contributed by atoms with van der Waals surface area (Å²) in [6.45, 7) is 2.65. The van der Waals surface area contributed by atoms with Gasteiger partial charge in [0, 0.05) is 62.3 Å². The third kappa shape index (κ3) is 6.60. The van der Waals surface area contributed by atoms with Gasteiger partial charge in [0.1, 0.15) is 5.75 Å². The molecule has 6 rings (SSSR count). The molecule has 0 spiro atoms. The van der Waals surface area contributed by atoms with Crippen molar-refractivity contribution in [2.75, 3.05) is 31.1 Å². The van der Waals surface area contributed by atoms with Gasteiger partial charge in [0.25, 0.3) is 6.47 Å². The second kappa shape index (κ2) is 13.0. The first-order chi connectivity index (χ1) is 20.4. The van der Waals surface area contributed by atoms with Crippen LogP contribution in [0.5, 0.6) is 5.75 Å². The van der Waals surface area contributed by atoms with Gasteiger partial charge in [-0.05, 0) is 13.0 Å². The minimum absolute atomic E-state index is 0.149. The van der Waals surface area contributed by atoms with E-state index in [1.54, 1.807) is 42.9 Å². The van der Waals surface area contributed by atoms with E-state index in [2.05, 4.69) is 50.4 Å². The summed E-state index contributed by atoms with van der Waals surface area (Å²) in [6.07, 6.45) is 7.45. The van der Waals surface area contributed by atoms with E-state index < -0.39 is 6.61 Å². The normalized spacial score (nSPS) is 13.7. The molecular weight excluding hydrogens is 552 g/mol. The third-order valence-corrected chi connectivity index (χ3v) is 6.70. The second-order valence-corrected chi connectivity index (χ2v) is 9.28. The largest absolute Gasteiger partial charge is 0.483 e. The molecule has 0 bridgehead atoms. The predicted octanol–water partition coefficient (Wildman–Crippen LogP) is 2.22. The minimum Gasteiger partial charge on any atom is -0.483 e. The Morgan fingerprint density at radius 1 is 1.10 bits per heavy atom. The number of benzene rings is 1. The summed E-state index contributed by atoms with van der Waals surface area (Å²) in [5.74, 6) is 1.49. The number of aromatic amines is 1. The maximum atomic E-state index is 12.9. The van der Waals surface area contributed by atoms with Crippen LogP contribution in [0.4, 0.5) is 14.7 Å². The molecule has 4 aromatic heterocycles. The number of nitrogens with one attached hydrogen (secondary N) is 1. The SMILES string of the molecule is Cc1nc2cnc(-c3cnc(N4CCN(Cc5nn[nH]n5)CC4)nc3)cn2c1Cc1ccccc1OC(F)F.O=CO. The van der Waals surface area contributed by atoms with E-state index in [9.17, 15) is 8.78 Å². The highest BCUT2D eigenvalue weighted by Gasteiger charge is 2.21. The number of anilines is 1. The van der Waals surface area contributed by atoms with Crippen LogP contribution in [-0.2, 0) is 17.8 Å². The molecule has 1 aliphatic heterocycles. The monoisotopic (exact) mass is 579 g/mol. The number of aromatic nitrogens is 9. The lowest BCUT2D eigenvalue weighted by Gasteiger charge is -2.33. The van der Waals surface area contributed by atoms with Gasteiger partial charge in [0.2, 0.25) is 5.95 Å². The Hall–Kier alpha value is -5.12. The van der Waals surface area contributed by atoms with Gasteiger partial charge in [-0.25, -0.2) is 15.0 Å². The molecule has 0 radical (unpaired) electrons. The maximum absolute atomic E-state index is 12.9. The lowest BCUT2D eigenvalue weighted by molar-refractivity contribution is -0.122. The standard InChI is InChI=1S/C25H25F2N11O.CH2O2/c1-16-20(10-17-4-2-3-5-21(17)39-24(26)27)38-14-19(28-13-23(38)31-16)18-11-29-25(30-12-18)37-8-6-36(7-9-37)15-22-32-34-35-33-22;2-1-3/h2-5,11-14,24H,6-10,15H2,1H3,(H,32,33,34,35);1H,(H,2,3). The first-order valence-corrected chi connectivity index (χ1v) is 12.9. The summed E-state index contributed by atoms with van der Waals surface area (Å²) < 4.78 is 32.5. The Balaban J connectivity index is 0.00000113. The first kappa shape index (κ1) is 28.4. The molecule has 5 heterocycles. The van der Waals surface area contributed by atoms with Gasteiger partial charge in [-0.2, -0.15) is 14.0 Å². The van der Waals surface area contributed by atoms with Crippen LogP contribution in [0.2, 0.25) is 0 Å². The zero-order valence-corrected chi connectivity index (χ0v) is 22.5. The van der Waals surface area contributed by atoms with Gasteiger partial charge in [-0.15, -0.1) is 10.2 Å². The van der Waals surface area contributed by atoms with E-state index in [4.69, 9.17) is 14.6 Å². The van der Waals surface area contributed by atoms with Crippen LogP contribution in [0.15, 0.2) is 49.1 Å². The summed E-state index contributed by atoms with van der Waals surface area (Å²) >= 11 is 0. The molecular formula is C26H27F2N11O3. The molecule has 42 heavy (non-hydrogen) atoms. The molecule has 1 saturated heterocycles. The second-order valence-electron chi connectivity index (χ2n) is 9.28. The molecule has 14 nitrogen and oxygen atoms in total. The van der Waals surface area contributed by atoms with Crippen molar-refractivity contribution in [2.45, 2.75) is 26.5 Å². The van der Waals surface area contributed by atoms with Crippen molar-refractivity contribution in [3.63, 3.8) is 0 Å². The average molecular weight is 580 g/mol. The molecule has 1 aliphatic rings. The molecule has 0 unspecified atom stereocenters. The van der Waals surface area contributed by atoms with Gasteiger partial charge >= 0.3 is 6.61 Å². The number of fused-ring (bicyclic) bond motifs is 1. The van der Waals surface area contributed by atoms with Crippen molar-refractivity contribution < 1.29 is 23.4 Å². The zero-order valence-electron chi connectivity index (χ0n) is 22.5. The van der Waals surface area contributed by atoms with Gasteiger partial charge < -0.3 is 14.7 Å². The molecule has 1 fully saturated rings. The molecule has 0 amide bonds. The number of imidazole rings is 1. The minimum atomic E-state index is -2.89. The Bertz CT molecular complexity index is 1610. The molecule has 5 aromatic rings. The summed E-state index contributed by atoms with van der Waals surface area (Å²) in [6, 6.07) is 6.78. The number of H-pyrrole nitrogens is 1. The zero-order chi connectivity index (χ0) is 29.5. The van der Waals surface area contributed by atoms with Crippen molar-refractivity contribution in [1.29, 1.82) is 0 Å². The van der Waals surface area contributed by atoms with Crippen LogP contribution in [0.1, 0.15) is 22.8 Å². The molecule has 218 valence electrons. The number of aryl methyl sites for hydroxylation is 1. The van der Waals surface area contributed by atoms with Crippen molar-refractivity contribution in [1.82, 2.24) is 49.9 Å². The summed E-state index contributed by atoms with van der Waals surface area (Å²) in [5, 5.41) is 21.0. The van der Waals surface area contributed by atoms with Crippen LogP contribution < -0.4 is 9.64 Å². The highest BCUT2D eigenvalue weighted by molar-refractivity contribution is 5.59. The van der Waals surface area contributed by atoms with Crippen LogP contribution in [0.3, 0.4) is 0 Å². The molecule has 16 heteroatoms. The molecule has 1 aromatic carbocycles. The smallest absolute Gasteiger partial charge is 0.387 e. The van der Waals surface area contributed by atoms with Gasteiger partial charge in [0.15, 0.2) is 11.5 Å². The summed E-state index contributed by atoms with van der Waals surface area (Å²) in [4.78, 5) is 31.1. The number of carboxylic acid groups (broad SMARTS) is 1. The highest BCUT2D eigenvalue weighted by atomic mass is 19.3. The van der Waals surface area contributed by atoms with Crippen LogP contribution in [-0.4, -0.2) is 94.2 Å². The first-order valence-electron chi connectivity index (χ1n) is 12.9. The van der Waals surface area contributed by atoms with E-state index in [1.165, 1.54) is 0 Å². The van der Waals surface area contributed by atoms with Crippen LogP contribution in [0, 0.1) is 6.92 Å². The number of nitrogens with zero attached hydrogens (tertiary/aromatic N) is 10. The van der Waals surface area contributed by atoms with E-state index in [0.29, 0.717) is 41.6 Å². The Morgan fingerprint density at radius 3 is 2.52 bits per heavy atom. The van der Waals surface area contributed by atoms with Gasteiger partial charge in [-0.1, -0.05) is 23.4 Å². The Labute approximate surface area is 238 Å². The van der Waals surface area contributed by atoms with Gasteiger partial charge in [0.05, 0.1) is 29.8 Å². The van der Waals surface area contributed by atoms with E-state index in [-0.39, 0.29) is 12.2 Å². The van der Waals surface area contributed by atoms with Crippen LogP contribution >= 0.6 is 0 Å². The lowest BCUT2D eigenvalue weighted by Crippen LogP contribution is -2.46. The number of para-hydroxylation sites is 1. The van der Waals surface area contributed by atoms with Crippen molar-refractivity contribution in [2.24, 2.45) is 0 Å². The lowest BCUT2D eigenvalue weighted by atomic mass is 10.1. The number of carbonyl (C=O) groups is 1. The van der Waals surface area contributed by atoms with E-state index in [1.807, 2.05) is 17.5 Å². The predicted molar refractivity (Wildman–Crippen MR) is 145 cm³/mol. The fourth-order valence-electron chi connectivity index (χ4n) is 4.70. The van der Waals surface area contributed by atoms with Crippen molar-refractivity contribution in [3.8, 4) is 17.0 Å². The average Bonchev–Trinajstić information content (AvgIpc) is 3.61. The number of halogens is 2. The number of hydrogen-bond acceptors (Lipinski definition) is 11. The molecule has 0 saturated carbocycles. The quantitative estimate of drug-likeness (QED) is 0.258. The Kier molecular flexibility index (Phi) is 8.81. The van der Waals surface area contributed by atoms with E-state index in [0.717, 1.165) is 43.1 Å². The fourth-order valence-corrected chi connectivity index (χ4v) is 4.70. The van der Waals surface area contributed by atoms with Crippen LogP contribution in [0.25, 0.3) is 16.9 Å². The van der Waals surface area contributed by atoms with Crippen molar-refractivity contribution in [3.05, 3.63) is 71.8 Å². The third-order valence-electron chi connectivity index (χ3n) is 6.70. The van der Waals surface area contributed by atoms with E-state index >= 15 is 0 Å². The number of ether oxygens (including phenoxy) is 1. The van der Waals surface area contributed by atoms with Crippen molar-refractivity contribution >= 4 is 18.1 Å². The summed E-state index contributed by atoms with van der Waals surface area (Å²) in [7, 11) is 0. The maximum Gasteiger partial charge on any atom is 0.387 e. The number of rotatable bonds is 8. The molecule has 2 N–H and O–H groups in total.